The molecule has 3 heterocycles. The largest absolute Gasteiger partial charge is 0.485 e. The molecule has 2 aromatic carbocycles. The number of likely N-dealkylation sites (N-methyl/N-ethyl adjacent to an activating group) is 1. The first-order chi connectivity index (χ1) is 15.2. The molecule has 2 N–H and O–H groups in total. The van der Waals surface area contributed by atoms with E-state index in [0.29, 0.717) is 29.0 Å². The second-order valence-corrected chi connectivity index (χ2v) is 8.93. The van der Waals surface area contributed by atoms with E-state index in [1.807, 2.05) is 31.3 Å². The summed E-state index contributed by atoms with van der Waals surface area (Å²) in [6.07, 6.45) is 3.80. The highest BCUT2D eigenvalue weighted by Crippen LogP contribution is 2.50. The quantitative estimate of drug-likeness (QED) is 0.657. The Morgan fingerprint density at radius 1 is 1.25 bits per heavy atom. The second kappa shape index (κ2) is 7.06. The third-order valence-electron chi connectivity index (χ3n) is 5.97. The number of aromatic nitrogens is 2. The zero-order valence-electron chi connectivity index (χ0n) is 17.5. The molecule has 0 bridgehead atoms. The van der Waals surface area contributed by atoms with Gasteiger partial charge in [0.1, 0.15) is 17.2 Å². The Hall–Kier alpha value is -3.39. The normalized spacial score (nSPS) is 24.4. The summed E-state index contributed by atoms with van der Waals surface area (Å²) < 4.78 is 22.1. The van der Waals surface area contributed by atoms with Gasteiger partial charge in [0.05, 0.1) is 6.54 Å². The van der Waals surface area contributed by atoms with Crippen LogP contribution < -0.4 is 10.5 Å². The van der Waals surface area contributed by atoms with Crippen molar-refractivity contribution in [2.24, 2.45) is 10.7 Å². The van der Waals surface area contributed by atoms with E-state index in [9.17, 15) is 9.18 Å². The topological polar surface area (TPSA) is 85.7 Å². The van der Waals surface area contributed by atoms with Gasteiger partial charge in [-0.25, -0.2) is 9.38 Å². The minimum absolute atomic E-state index is 0.142. The van der Waals surface area contributed by atoms with Gasteiger partial charge in [0.15, 0.2) is 11.5 Å². The third kappa shape index (κ3) is 3.22. The fourth-order valence-electron chi connectivity index (χ4n) is 4.60. The first-order valence-electron chi connectivity index (χ1n) is 10.1. The van der Waals surface area contributed by atoms with Gasteiger partial charge in [-0.15, -0.1) is 0 Å². The second-order valence-electron chi connectivity index (χ2n) is 8.50. The lowest BCUT2D eigenvalue weighted by molar-refractivity contribution is -0.134. The van der Waals surface area contributed by atoms with Crippen molar-refractivity contribution >= 4 is 23.5 Å². The van der Waals surface area contributed by atoms with Gasteiger partial charge in [0.25, 0.3) is 5.91 Å². The molecule has 1 amide bonds. The van der Waals surface area contributed by atoms with Gasteiger partial charge < -0.3 is 10.5 Å². The molecule has 2 aliphatic heterocycles. The molecule has 0 fully saturated rings. The lowest BCUT2D eigenvalue weighted by Gasteiger charge is -2.43. The smallest absolute Gasteiger partial charge is 0.261 e. The number of aliphatic imine (C=N–C) groups is 1. The number of hydrogen-bond acceptors (Lipinski definition) is 5. The highest BCUT2D eigenvalue weighted by Gasteiger charge is 2.57. The maximum atomic E-state index is 14.0. The van der Waals surface area contributed by atoms with Crippen LogP contribution in [0.15, 0.2) is 59.9 Å². The summed E-state index contributed by atoms with van der Waals surface area (Å²) in [5.41, 5.74) is 5.93. The summed E-state index contributed by atoms with van der Waals surface area (Å²) >= 11 is 6.06. The van der Waals surface area contributed by atoms with E-state index >= 15 is 0 Å². The van der Waals surface area contributed by atoms with Crippen LogP contribution in [0.3, 0.4) is 0 Å². The molecule has 9 heteroatoms. The number of amides is 1. The van der Waals surface area contributed by atoms with Crippen LogP contribution in [0.5, 0.6) is 5.75 Å². The van der Waals surface area contributed by atoms with Crippen molar-refractivity contribution in [2.45, 2.75) is 31.0 Å². The number of rotatable bonds is 3. The monoisotopic (exact) mass is 453 g/mol. The van der Waals surface area contributed by atoms with Crippen molar-refractivity contribution in [1.82, 2.24) is 14.7 Å². The van der Waals surface area contributed by atoms with Gasteiger partial charge in [0.2, 0.25) is 0 Å². The SMILES string of the molecule is CN1C(=O)C2(CC(C)(Cn3cccn3)Oc3ccc(-c4cc(F)cc(Cl)c4)cc32)N=C1N. The first-order valence-corrected chi connectivity index (χ1v) is 10.5. The molecule has 2 aliphatic rings. The van der Waals surface area contributed by atoms with E-state index in [4.69, 9.17) is 22.1 Å². The number of fused-ring (bicyclic) bond motifs is 2. The fraction of sp³-hybridized carbons (Fsp3) is 0.261. The molecule has 3 aromatic rings. The molecule has 32 heavy (non-hydrogen) atoms. The molecular weight excluding hydrogens is 433 g/mol. The summed E-state index contributed by atoms with van der Waals surface area (Å²) in [7, 11) is 1.60. The zero-order valence-corrected chi connectivity index (χ0v) is 18.3. The molecule has 2 atom stereocenters. The van der Waals surface area contributed by atoms with Crippen molar-refractivity contribution in [1.29, 1.82) is 0 Å². The average Bonchev–Trinajstić information content (AvgIpc) is 3.30. The van der Waals surface area contributed by atoms with E-state index in [2.05, 4.69) is 10.1 Å². The number of ether oxygens (including phenoxy) is 1. The minimum Gasteiger partial charge on any atom is -0.485 e. The van der Waals surface area contributed by atoms with Crippen LogP contribution in [-0.4, -0.2) is 39.2 Å². The van der Waals surface area contributed by atoms with Gasteiger partial charge in [-0.3, -0.25) is 14.4 Å². The van der Waals surface area contributed by atoms with Crippen molar-refractivity contribution < 1.29 is 13.9 Å². The predicted octanol–water partition coefficient (Wildman–Crippen LogP) is 3.57. The summed E-state index contributed by atoms with van der Waals surface area (Å²) in [4.78, 5) is 19.5. The number of nitrogens with two attached hydrogens (primary N) is 1. The molecule has 0 radical (unpaired) electrons. The maximum Gasteiger partial charge on any atom is 0.261 e. The van der Waals surface area contributed by atoms with Crippen molar-refractivity contribution in [3.8, 4) is 16.9 Å². The molecule has 0 aliphatic carbocycles. The van der Waals surface area contributed by atoms with Crippen LogP contribution in [0.4, 0.5) is 4.39 Å². The highest BCUT2D eigenvalue weighted by molar-refractivity contribution is 6.30. The average molecular weight is 454 g/mol. The van der Waals surface area contributed by atoms with Crippen LogP contribution >= 0.6 is 11.6 Å². The Morgan fingerprint density at radius 3 is 2.72 bits per heavy atom. The number of carbonyl (C=O) groups is 1. The van der Waals surface area contributed by atoms with Crippen LogP contribution in [-0.2, 0) is 16.9 Å². The lowest BCUT2D eigenvalue weighted by Crippen LogP contribution is -2.52. The molecule has 164 valence electrons. The Kier molecular flexibility index (Phi) is 4.53. The molecule has 1 aromatic heterocycles. The number of halogens is 2. The number of guanidine groups is 1. The van der Waals surface area contributed by atoms with Crippen molar-refractivity contribution in [3.05, 3.63) is 71.3 Å². The van der Waals surface area contributed by atoms with Crippen LogP contribution in [0.1, 0.15) is 18.9 Å². The van der Waals surface area contributed by atoms with Gasteiger partial charge in [-0.2, -0.15) is 5.10 Å². The van der Waals surface area contributed by atoms with Crippen LogP contribution in [0, 0.1) is 5.82 Å². The summed E-state index contributed by atoms with van der Waals surface area (Å²) in [5.74, 6) is -0.0107. The van der Waals surface area contributed by atoms with Gasteiger partial charge in [0, 0.05) is 36.4 Å². The molecule has 0 saturated carbocycles. The molecule has 7 nitrogen and oxygen atoms in total. The van der Waals surface area contributed by atoms with Crippen LogP contribution in [0.2, 0.25) is 5.02 Å². The number of nitrogens with zero attached hydrogens (tertiary/aromatic N) is 4. The minimum atomic E-state index is -1.25. The molecule has 0 saturated heterocycles. The van der Waals surface area contributed by atoms with Crippen LogP contribution in [0.25, 0.3) is 11.1 Å². The summed E-state index contributed by atoms with van der Waals surface area (Å²) in [5, 5.41) is 4.57. The van der Waals surface area contributed by atoms with E-state index in [0.717, 1.165) is 0 Å². The number of hydrogen-bond donors (Lipinski definition) is 1. The summed E-state index contributed by atoms with van der Waals surface area (Å²) in [6.45, 7) is 2.35. The summed E-state index contributed by atoms with van der Waals surface area (Å²) in [6, 6.07) is 11.5. The van der Waals surface area contributed by atoms with Crippen molar-refractivity contribution in [2.75, 3.05) is 7.05 Å². The zero-order chi connectivity index (χ0) is 22.7. The molecule has 2 unspecified atom stereocenters. The Balaban J connectivity index is 1.66. The predicted molar refractivity (Wildman–Crippen MR) is 119 cm³/mol. The number of benzene rings is 2. The third-order valence-corrected chi connectivity index (χ3v) is 6.19. The standard InChI is InChI=1S/C23H21ClFN5O2/c1-22(13-30-7-3-6-27-30)12-23(20(31)29(2)21(26)28-23)18-10-14(4-5-19(18)32-22)15-8-16(24)11-17(25)9-15/h3-11H,12-13H2,1-2H3,(H2,26,28). The number of carbonyl (C=O) groups excluding carboxylic acids is 1. The molecular formula is C23H21ClFN5O2. The fourth-order valence-corrected chi connectivity index (χ4v) is 4.82. The van der Waals surface area contributed by atoms with Gasteiger partial charge >= 0.3 is 0 Å². The maximum absolute atomic E-state index is 14.0. The lowest BCUT2D eigenvalue weighted by atomic mass is 9.76. The van der Waals surface area contributed by atoms with E-state index in [1.54, 1.807) is 30.1 Å². The van der Waals surface area contributed by atoms with Gasteiger partial charge in [-0.1, -0.05) is 17.7 Å². The Morgan fingerprint density at radius 2 is 2.06 bits per heavy atom. The van der Waals surface area contributed by atoms with Gasteiger partial charge in [-0.05, 0) is 54.4 Å². The Labute approximate surface area is 189 Å². The first kappa shape index (κ1) is 20.5. The Bertz CT molecular complexity index is 1240. The van der Waals surface area contributed by atoms with E-state index in [1.165, 1.54) is 17.0 Å². The molecule has 5 rings (SSSR count). The highest BCUT2D eigenvalue weighted by atomic mass is 35.5. The van der Waals surface area contributed by atoms with Crippen molar-refractivity contribution in [3.63, 3.8) is 0 Å². The van der Waals surface area contributed by atoms with E-state index < -0.39 is 17.0 Å². The molecule has 1 spiro atoms. The van der Waals surface area contributed by atoms with E-state index in [-0.39, 0.29) is 23.3 Å².